The number of ether oxygens (including phenoxy) is 2. The first-order valence-electron chi connectivity index (χ1n) is 5.06. The molecule has 94 valence electrons. The van der Waals surface area contributed by atoms with Crippen molar-refractivity contribution < 1.29 is 9.47 Å². The molecule has 0 atom stereocenters. The van der Waals surface area contributed by atoms with Crippen molar-refractivity contribution in [2.24, 2.45) is 0 Å². The Labute approximate surface area is 102 Å². The Balaban J connectivity index is 2.34. The van der Waals surface area contributed by atoms with Gasteiger partial charge in [-0.1, -0.05) is 0 Å². The highest BCUT2D eigenvalue weighted by atomic mass is 16.5. The molecule has 0 saturated heterocycles. The van der Waals surface area contributed by atoms with E-state index in [0.29, 0.717) is 17.2 Å². The van der Waals surface area contributed by atoms with E-state index in [0.717, 1.165) is 0 Å². The normalized spacial score (nSPS) is 10.1. The highest BCUT2D eigenvalue weighted by Gasteiger charge is 2.09. The second kappa shape index (κ2) is 4.66. The van der Waals surface area contributed by atoms with Gasteiger partial charge in [-0.2, -0.15) is 0 Å². The summed E-state index contributed by atoms with van der Waals surface area (Å²) in [5.41, 5.74) is 11.1. The Morgan fingerprint density at radius 3 is 2.78 bits per heavy atom. The lowest BCUT2D eigenvalue weighted by atomic mass is 10.3. The monoisotopic (exact) mass is 248 g/mol. The van der Waals surface area contributed by atoms with E-state index in [1.807, 2.05) is 0 Å². The van der Waals surface area contributed by atoms with Crippen LogP contribution in [0.15, 0.2) is 29.3 Å². The Kier molecular flexibility index (Phi) is 3.05. The molecular formula is C11H12N4O3. The largest absolute Gasteiger partial charge is 0.497 e. The fraction of sp³-hybridized carbons (Fsp3) is 0.0909. The highest BCUT2D eigenvalue weighted by Crippen LogP contribution is 2.30. The van der Waals surface area contributed by atoms with Crippen LogP contribution in [0.2, 0.25) is 0 Å². The van der Waals surface area contributed by atoms with E-state index < -0.39 is 5.56 Å². The molecule has 2 aromatic rings. The molecule has 1 heterocycles. The summed E-state index contributed by atoms with van der Waals surface area (Å²) in [5.74, 6) is 0.961. The first-order valence-corrected chi connectivity index (χ1v) is 5.06. The molecule has 0 unspecified atom stereocenters. The summed E-state index contributed by atoms with van der Waals surface area (Å²) in [4.78, 5) is 17.4. The van der Waals surface area contributed by atoms with Crippen molar-refractivity contribution in [2.75, 3.05) is 18.6 Å². The van der Waals surface area contributed by atoms with E-state index in [2.05, 4.69) is 9.97 Å². The lowest BCUT2D eigenvalue weighted by Crippen LogP contribution is -2.13. The third-order valence-corrected chi connectivity index (χ3v) is 2.28. The van der Waals surface area contributed by atoms with Crippen molar-refractivity contribution >= 4 is 11.4 Å². The van der Waals surface area contributed by atoms with Crippen LogP contribution in [0, 0.1) is 0 Å². The van der Waals surface area contributed by atoms with Crippen LogP contribution in [0.4, 0.5) is 11.4 Å². The zero-order valence-corrected chi connectivity index (χ0v) is 9.64. The van der Waals surface area contributed by atoms with Crippen molar-refractivity contribution in [1.82, 2.24) is 9.97 Å². The SMILES string of the molecule is COc1ccc(Oc2nc[nH]c(=O)c2N)c(N)c1. The van der Waals surface area contributed by atoms with Gasteiger partial charge in [-0.3, -0.25) is 4.79 Å². The number of benzene rings is 1. The third-order valence-electron chi connectivity index (χ3n) is 2.28. The summed E-state index contributed by atoms with van der Waals surface area (Å²) in [7, 11) is 1.53. The lowest BCUT2D eigenvalue weighted by molar-refractivity contribution is 0.413. The summed E-state index contributed by atoms with van der Waals surface area (Å²) in [6, 6.07) is 4.88. The van der Waals surface area contributed by atoms with Gasteiger partial charge in [-0.15, -0.1) is 0 Å². The molecule has 0 amide bonds. The van der Waals surface area contributed by atoms with E-state index in [4.69, 9.17) is 20.9 Å². The van der Waals surface area contributed by atoms with Crippen LogP contribution < -0.4 is 26.5 Å². The quantitative estimate of drug-likeness (QED) is 0.689. The van der Waals surface area contributed by atoms with Gasteiger partial charge >= 0.3 is 0 Å². The van der Waals surface area contributed by atoms with Gasteiger partial charge in [-0.25, -0.2) is 4.98 Å². The minimum Gasteiger partial charge on any atom is -0.497 e. The maximum Gasteiger partial charge on any atom is 0.277 e. The number of aromatic nitrogens is 2. The van der Waals surface area contributed by atoms with Gasteiger partial charge in [0.2, 0.25) is 5.88 Å². The smallest absolute Gasteiger partial charge is 0.277 e. The number of methoxy groups -OCH3 is 1. The zero-order valence-electron chi connectivity index (χ0n) is 9.64. The van der Waals surface area contributed by atoms with Gasteiger partial charge in [0.25, 0.3) is 5.56 Å². The molecule has 0 aliphatic carbocycles. The van der Waals surface area contributed by atoms with Crippen LogP contribution >= 0.6 is 0 Å². The van der Waals surface area contributed by atoms with Crippen molar-refractivity contribution in [3.8, 4) is 17.4 Å². The van der Waals surface area contributed by atoms with Gasteiger partial charge in [0.05, 0.1) is 19.1 Å². The van der Waals surface area contributed by atoms with E-state index in [1.54, 1.807) is 18.2 Å². The van der Waals surface area contributed by atoms with Crippen LogP contribution in [0.5, 0.6) is 17.4 Å². The third kappa shape index (κ3) is 2.19. The summed E-state index contributed by atoms with van der Waals surface area (Å²) in [5, 5.41) is 0. The molecule has 0 bridgehead atoms. The average molecular weight is 248 g/mol. The minimum atomic E-state index is -0.466. The second-order valence-electron chi connectivity index (χ2n) is 3.46. The number of hydrogen-bond acceptors (Lipinski definition) is 6. The number of rotatable bonds is 3. The molecule has 0 saturated carbocycles. The summed E-state index contributed by atoms with van der Waals surface area (Å²) < 4.78 is 10.4. The molecular weight excluding hydrogens is 236 g/mol. The molecule has 1 aromatic carbocycles. The van der Waals surface area contributed by atoms with Crippen molar-refractivity contribution in [2.45, 2.75) is 0 Å². The van der Waals surface area contributed by atoms with E-state index in [1.165, 1.54) is 13.4 Å². The summed E-state index contributed by atoms with van der Waals surface area (Å²) in [6.07, 6.45) is 1.20. The molecule has 0 radical (unpaired) electrons. The Morgan fingerprint density at radius 1 is 1.33 bits per heavy atom. The summed E-state index contributed by atoms with van der Waals surface area (Å²) in [6.45, 7) is 0. The summed E-state index contributed by atoms with van der Waals surface area (Å²) >= 11 is 0. The average Bonchev–Trinajstić information content (AvgIpc) is 2.37. The number of hydrogen-bond donors (Lipinski definition) is 3. The number of nitrogens with one attached hydrogen (secondary N) is 1. The number of nitrogens with two attached hydrogens (primary N) is 2. The van der Waals surface area contributed by atoms with Gasteiger partial charge in [0.15, 0.2) is 11.4 Å². The molecule has 18 heavy (non-hydrogen) atoms. The van der Waals surface area contributed by atoms with Crippen LogP contribution in [0.25, 0.3) is 0 Å². The molecule has 2 rings (SSSR count). The topological polar surface area (TPSA) is 116 Å². The number of H-pyrrole nitrogens is 1. The number of nitrogens with zero attached hydrogens (tertiary/aromatic N) is 1. The fourth-order valence-electron chi connectivity index (χ4n) is 1.33. The van der Waals surface area contributed by atoms with Gasteiger partial charge < -0.3 is 25.9 Å². The number of nitrogen functional groups attached to an aromatic ring is 2. The highest BCUT2D eigenvalue weighted by molar-refractivity contribution is 5.58. The Hall–Kier alpha value is -2.70. The molecule has 1 aromatic heterocycles. The van der Waals surface area contributed by atoms with Crippen LogP contribution in [-0.2, 0) is 0 Å². The van der Waals surface area contributed by atoms with E-state index in [-0.39, 0.29) is 11.6 Å². The first-order chi connectivity index (χ1) is 8.61. The number of anilines is 2. The predicted octanol–water partition coefficient (Wildman–Crippen LogP) is 0.735. The van der Waals surface area contributed by atoms with E-state index in [9.17, 15) is 4.79 Å². The van der Waals surface area contributed by atoms with Gasteiger partial charge in [0.1, 0.15) is 5.75 Å². The van der Waals surface area contributed by atoms with E-state index >= 15 is 0 Å². The van der Waals surface area contributed by atoms with Gasteiger partial charge in [0, 0.05) is 6.07 Å². The molecule has 0 aliphatic rings. The Bertz CT molecular complexity index is 624. The standard InChI is InChI=1S/C11H12N4O3/c1-17-6-2-3-8(7(12)4-6)18-11-9(13)10(16)14-5-15-11/h2-5H,12-13H2,1H3,(H,14,15,16). The lowest BCUT2D eigenvalue weighted by Gasteiger charge is -2.09. The second-order valence-corrected chi connectivity index (χ2v) is 3.46. The zero-order chi connectivity index (χ0) is 13.1. The maximum atomic E-state index is 11.3. The van der Waals surface area contributed by atoms with Crippen LogP contribution in [0.1, 0.15) is 0 Å². The molecule has 7 nitrogen and oxygen atoms in total. The molecule has 0 aliphatic heterocycles. The van der Waals surface area contributed by atoms with Crippen LogP contribution in [0.3, 0.4) is 0 Å². The number of aromatic amines is 1. The fourth-order valence-corrected chi connectivity index (χ4v) is 1.33. The minimum absolute atomic E-state index is 0.00983. The van der Waals surface area contributed by atoms with Crippen molar-refractivity contribution in [1.29, 1.82) is 0 Å². The molecule has 0 fully saturated rings. The van der Waals surface area contributed by atoms with Crippen molar-refractivity contribution in [3.05, 3.63) is 34.9 Å². The molecule has 5 N–H and O–H groups in total. The molecule has 0 spiro atoms. The molecule has 7 heteroatoms. The predicted molar refractivity (Wildman–Crippen MR) is 66.8 cm³/mol. The Morgan fingerprint density at radius 2 is 2.11 bits per heavy atom. The maximum absolute atomic E-state index is 11.3. The first kappa shape index (κ1) is 11.8. The van der Waals surface area contributed by atoms with Gasteiger partial charge in [-0.05, 0) is 12.1 Å². The van der Waals surface area contributed by atoms with Crippen LogP contribution in [-0.4, -0.2) is 17.1 Å². The van der Waals surface area contributed by atoms with Crippen molar-refractivity contribution in [3.63, 3.8) is 0 Å².